The molecule has 0 saturated carbocycles. The molecule has 5 heteroatoms. The van der Waals surface area contributed by atoms with E-state index in [1.54, 1.807) is 17.0 Å². The Kier molecular flexibility index (Phi) is 6.23. The van der Waals surface area contributed by atoms with E-state index in [-0.39, 0.29) is 5.91 Å². The zero-order chi connectivity index (χ0) is 18.4. The minimum absolute atomic E-state index is 0.0926. The Morgan fingerprint density at radius 2 is 2.15 bits per heavy atom. The lowest BCUT2D eigenvalue weighted by molar-refractivity contribution is -0.127. The van der Waals surface area contributed by atoms with Crippen LogP contribution in [0, 0.1) is 0 Å². The van der Waals surface area contributed by atoms with Gasteiger partial charge in [0.1, 0.15) is 0 Å². The minimum atomic E-state index is 0.0926. The Hall–Kier alpha value is -2.40. The molecule has 26 heavy (non-hydrogen) atoms. The van der Waals surface area contributed by atoms with Gasteiger partial charge in [-0.1, -0.05) is 30.3 Å². The van der Waals surface area contributed by atoms with Crippen LogP contribution in [0.5, 0.6) is 0 Å². The lowest BCUT2D eigenvalue weighted by Gasteiger charge is -2.37. The third-order valence-electron chi connectivity index (χ3n) is 5.07. The normalized spacial score (nSPS) is 18.0. The number of carbonyl (C=O) groups is 1. The molecule has 1 aromatic heterocycles. The van der Waals surface area contributed by atoms with Gasteiger partial charge in [0.25, 0.3) is 0 Å². The number of likely N-dealkylation sites (N-methyl/N-ethyl adjacent to an activating group) is 1. The van der Waals surface area contributed by atoms with Gasteiger partial charge in [0.2, 0.25) is 5.91 Å². The minimum Gasteiger partial charge on any atom is -0.338 e. The predicted molar refractivity (Wildman–Crippen MR) is 105 cm³/mol. The van der Waals surface area contributed by atoms with Crippen molar-refractivity contribution in [2.75, 3.05) is 26.7 Å². The number of hydrogen-bond acceptors (Lipinski definition) is 3. The summed E-state index contributed by atoms with van der Waals surface area (Å²) in [4.78, 5) is 16.9. The third kappa shape index (κ3) is 5.05. The van der Waals surface area contributed by atoms with Gasteiger partial charge in [0, 0.05) is 50.6 Å². The monoisotopic (exact) mass is 352 g/mol. The third-order valence-corrected chi connectivity index (χ3v) is 5.07. The smallest absolute Gasteiger partial charge is 0.246 e. The van der Waals surface area contributed by atoms with Crippen molar-refractivity contribution in [2.45, 2.75) is 25.3 Å². The van der Waals surface area contributed by atoms with Crippen molar-refractivity contribution in [3.63, 3.8) is 0 Å². The van der Waals surface area contributed by atoms with Crippen molar-refractivity contribution in [2.24, 2.45) is 7.05 Å². The fourth-order valence-corrected chi connectivity index (χ4v) is 3.45. The number of benzene rings is 1. The Labute approximate surface area is 155 Å². The standard InChI is InChI=1S/C21H28N4O/c1-23(14-12-18-7-4-3-5-8-18)20-9-6-13-25(17-20)21(26)11-10-19-15-22-24(2)16-19/h3-5,7-8,10-11,15-16,20H,6,9,12-14,17H2,1-2H3/b11-10+/t20-/m1/s1. The molecule has 0 spiro atoms. The topological polar surface area (TPSA) is 41.4 Å². The number of carbonyl (C=O) groups excluding carboxylic acids is 1. The molecule has 0 unspecified atom stereocenters. The molecule has 2 aromatic rings. The van der Waals surface area contributed by atoms with Crippen LogP contribution in [0.3, 0.4) is 0 Å². The molecule has 5 nitrogen and oxygen atoms in total. The van der Waals surface area contributed by atoms with E-state index in [0.717, 1.165) is 44.5 Å². The van der Waals surface area contributed by atoms with E-state index >= 15 is 0 Å². The highest BCUT2D eigenvalue weighted by atomic mass is 16.2. The van der Waals surface area contributed by atoms with Gasteiger partial charge in [-0.3, -0.25) is 9.48 Å². The van der Waals surface area contributed by atoms with Crippen molar-refractivity contribution < 1.29 is 4.79 Å². The largest absolute Gasteiger partial charge is 0.338 e. The lowest BCUT2D eigenvalue weighted by atomic mass is 10.0. The molecular weight excluding hydrogens is 324 g/mol. The lowest BCUT2D eigenvalue weighted by Crippen LogP contribution is -2.48. The summed E-state index contributed by atoms with van der Waals surface area (Å²) in [5, 5.41) is 4.12. The van der Waals surface area contributed by atoms with Gasteiger partial charge in [0.15, 0.2) is 0 Å². The van der Waals surface area contributed by atoms with Gasteiger partial charge in [0.05, 0.1) is 6.20 Å². The molecule has 1 fully saturated rings. The average molecular weight is 352 g/mol. The number of aryl methyl sites for hydroxylation is 1. The molecule has 1 aromatic carbocycles. The van der Waals surface area contributed by atoms with E-state index < -0.39 is 0 Å². The zero-order valence-electron chi connectivity index (χ0n) is 15.7. The number of likely N-dealkylation sites (tertiary alicyclic amines) is 1. The predicted octanol–water partition coefficient (Wildman–Crippen LogP) is 2.60. The maximum Gasteiger partial charge on any atom is 0.246 e. The Morgan fingerprint density at radius 1 is 1.35 bits per heavy atom. The summed E-state index contributed by atoms with van der Waals surface area (Å²) in [6.07, 6.45) is 10.4. The van der Waals surface area contributed by atoms with Crippen molar-refractivity contribution in [3.8, 4) is 0 Å². The summed E-state index contributed by atoms with van der Waals surface area (Å²) in [7, 11) is 4.05. The molecule has 1 saturated heterocycles. The maximum atomic E-state index is 12.5. The maximum absolute atomic E-state index is 12.5. The van der Waals surface area contributed by atoms with Crippen LogP contribution in [-0.2, 0) is 18.3 Å². The molecule has 138 valence electrons. The van der Waals surface area contributed by atoms with Crippen LogP contribution in [0.25, 0.3) is 6.08 Å². The molecule has 1 atom stereocenters. The van der Waals surface area contributed by atoms with E-state index in [0.29, 0.717) is 6.04 Å². The highest BCUT2D eigenvalue weighted by Crippen LogP contribution is 2.16. The van der Waals surface area contributed by atoms with Gasteiger partial charge in [-0.15, -0.1) is 0 Å². The number of piperidine rings is 1. The van der Waals surface area contributed by atoms with Gasteiger partial charge in [-0.05, 0) is 37.9 Å². The van der Waals surface area contributed by atoms with E-state index in [1.807, 2.05) is 24.2 Å². The van der Waals surface area contributed by atoms with Crippen LogP contribution >= 0.6 is 0 Å². The van der Waals surface area contributed by atoms with E-state index in [1.165, 1.54) is 5.56 Å². The van der Waals surface area contributed by atoms with Gasteiger partial charge in [-0.25, -0.2) is 0 Å². The van der Waals surface area contributed by atoms with Crippen molar-refractivity contribution in [1.29, 1.82) is 0 Å². The van der Waals surface area contributed by atoms with Crippen LogP contribution in [0.4, 0.5) is 0 Å². The van der Waals surface area contributed by atoms with Crippen molar-refractivity contribution in [3.05, 3.63) is 59.9 Å². The number of nitrogens with zero attached hydrogens (tertiary/aromatic N) is 4. The van der Waals surface area contributed by atoms with E-state index in [4.69, 9.17) is 0 Å². The number of hydrogen-bond donors (Lipinski definition) is 0. The van der Waals surface area contributed by atoms with Crippen LogP contribution in [0.2, 0.25) is 0 Å². The van der Waals surface area contributed by atoms with Crippen LogP contribution in [0.15, 0.2) is 48.8 Å². The number of rotatable bonds is 6. The summed E-state index contributed by atoms with van der Waals surface area (Å²) < 4.78 is 1.74. The summed E-state index contributed by atoms with van der Waals surface area (Å²) in [5.41, 5.74) is 2.32. The zero-order valence-corrected chi connectivity index (χ0v) is 15.7. The molecule has 1 amide bonds. The Bertz CT molecular complexity index is 737. The Balaban J connectivity index is 1.51. The Morgan fingerprint density at radius 3 is 2.88 bits per heavy atom. The summed E-state index contributed by atoms with van der Waals surface area (Å²) in [6.45, 7) is 2.67. The molecule has 3 rings (SSSR count). The van der Waals surface area contributed by atoms with E-state index in [9.17, 15) is 4.79 Å². The molecule has 2 heterocycles. The molecule has 0 aliphatic carbocycles. The molecule has 0 N–H and O–H groups in total. The molecular formula is C21H28N4O. The quantitative estimate of drug-likeness (QED) is 0.751. The van der Waals surface area contributed by atoms with Crippen LogP contribution in [0.1, 0.15) is 24.0 Å². The van der Waals surface area contributed by atoms with E-state index in [2.05, 4.69) is 47.4 Å². The average Bonchev–Trinajstić information content (AvgIpc) is 3.10. The van der Waals surface area contributed by atoms with Gasteiger partial charge in [-0.2, -0.15) is 5.10 Å². The summed E-state index contributed by atoms with van der Waals surface area (Å²) >= 11 is 0. The van der Waals surface area contributed by atoms with Crippen LogP contribution < -0.4 is 0 Å². The first-order valence-corrected chi connectivity index (χ1v) is 9.31. The fourth-order valence-electron chi connectivity index (χ4n) is 3.45. The second-order valence-electron chi connectivity index (χ2n) is 7.08. The van der Waals surface area contributed by atoms with Gasteiger partial charge >= 0.3 is 0 Å². The first-order chi connectivity index (χ1) is 12.6. The SMILES string of the molecule is CN(CCc1ccccc1)[C@@H]1CCCN(C(=O)/C=C/c2cnn(C)c2)C1. The van der Waals surface area contributed by atoms with Crippen molar-refractivity contribution in [1.82, 2.24) is 19.6 Å². The molecule has 1 aliphatic rings. The second-order valence-corrected chi connectivity index (χ2v) is 7.08. The molecule has 0 bridgehead atoms. The first-order valence-electron chi connectivity index (χ1n) is 9.31. The highest BCUT2D eigenvalue weighted by molar-refractivity contribution is 5.91. The fraction of sp³-hybridized carbons (Fsp3) is 0.429. The molecule has 1 aliphatic heterocycles. The van der Waals surface area contributed by atoms with Crippen molar-refractivity contribution >= 4 is 12.0 Å². The van der Waals surface area contributed by atoms with Crippen LogP contribution in [-0.4, -0.2) is 58.2 Å². The second kappa shape index (κ2) is 8.81. The van der Waals surface area contributed by atoms with Gasteiger partial charge < -0.3 is 9.80 Å². The number of amides is 1. The highest BCUT2D eigenvalue weighted by Gasteiger charge is 2.25. The number of aromatic nitrogens is 2. The molecule has 0 radical (unpaired) electrons. The summed E-state index contributed by atoms with van der Waals surface area (Å²) in [6, 6.07) is 11.0. The first kappa shape index (κ1) is 18.4. The summed E-state index contributed by atoms with van der Waals surface area (Å²) in [5.74, 6) is 0.0926.